The first-order valence-electron chi connectivity index (χ1n) is 4.71. The number of allylic oxidation sites excluding steroid dienone is 1. The van der Waals surface area contributed by atoms with E-state index >= 15 is 0 Å². The molecule has 76 valence electrons. The van der Waals surface area contributed by atoms with Crippen molar-refractivity contribution in [2.45, 2.75) is 13.5 Å². The number of aromatic nitrogens is 1. The fraction of sp³-hybridized carbons (Fsp3) is 0.364. The van der Waals surface area contributed by atoms with Gasteiger partial charge in [-0.05, 0) is 20.0 Å². The minimum Gasteiger partial charge on any atom is -0.473 e. The maximum atomic E-state index is 5.49. The maximum absolute atomic E-state index is 5.49. The highest BCUT2D eigenvalue weighted by Crippen LogP contribution is 2.13. The Morgan fingerprint density at radius 2 is 2.43 bits per heavy atom. The molecule has 0 spiro atoms. The van der Waals surface area contributed by atoms with Gasteiger partial charge < -0.3 is 10.1 Å². The monoisotopic (exact) mass is 192 g/mol. The molecule has 0 aliphatic heterocycles. The van der Waals surface area contributed by atoms with E-state index in [1.807, 2.05) is 38.3 Å². The fourth-order valence-corrected chi connectivity index (χ4v) is 1.10. The Morgan fingerprint density at radius 3 is 3.14 bits per heavy atom. The third-order valence-electron chi connectivity index (χ3n) is 1.77. The molecular formula is C11H16N2O. The second kappa shape index (κ2) is 6.16. The minimum absolute atomic E-state index is 0.574. The lowest BCUT2D eigenvalue weighted by molar-refractivity contribution is 0.343. The fourth-order valence-electron chi connectivity index (χ4n) is 1.10. The van der Waals surface area contributed by atoms with E-state index in [9.17, 15) is 0 Å². The van der Waals surface area contributed by atoms with E-state index in [2.05, 4.69) is 10.3 Å². The van der Waals surface area contributed by atoms with Crippen molar-refractivity contribution in [1.29, 1.82) is 0 Å². The Labute approximate surface area is 84.8 Å². The molecule has 0 atom stereocenters. The van der Waals surface area contributed by atoms with E-state index in [4.69, 9.17) is 4.74 Å². The molecule has 14 heavy (non-hydrogen) atoms. The number of nitrogens with one attached hydrogen (secondary N) is 1. The molecule has 0 aliphatic carbocycles. The highest BCUT2D eigenvalue weighted by molar-refractivity contribution is 5.25. The molecule has 1 heterocycles. The van der Waals surface area contributed by atoms with Crippen molar-refractivity contribution in [3.05, 3.63) is 36.0 Å². The normalized spacial score (nSPS) is 10.7. The Morgan fingerprint density at radius 1 is 1.57 bits per heavy atom. The third-order valence-corrected chi connectivity index (χ3v) is 1.77. The van der Waals surface area contributed by atoms with Gasteiger partial charge >= 0.3 is 0 Å². The minimum atomic E-state index is 0.574. The zero-order chi connectivity index (χ0) is 10.2. The van der Waals surface area contributed by atoms with Crippen LogP contribution in [-0.4, -0.2) is 18.6 Å². The summed E-state index contributed by atoms with van der Waals surface area (Å²) in [6.07, 6.45) is 5.66. The van der Waals surface area contributed by atoms with Crippen LogP contribution in [0, 0.1) is 0 Å². The molecule has 0 amide bonds. The lowest BCUT2D eigenvalue weighted by Gasteiger charge is -2.07. The van der Waals surface area contributed by atoms with Gasteiger partial charge in [-0.3, -0.25) is 0 Å². The molecule has 0 saturated carbocycles. The Balaban J connectivity index is 2.63. The van der Waals surface area contributed by atoms with E-state index in [0.717, 1.165) is 12.1 Å². The standard InChI is InChI=1S/C11H16N2O/c1-3-4-8-14-11-10(9-12-2)6-5-7-13-11/h3-7,12H,8-9H2,1-2H3. The molecule has 0 radical (unpaired) electrons. The molecule has 1 aromatic rings. The van der Waals surface area contributed by atoms with Crippen molar-refractivity contribution in [2.24, 2.45) is 0 Å². The van der Waals surface area contributed by atoms with E-state index in [-0.39, 0.29) is 0 Å². The number of rotatable bonds is 5. The summed E-state index contributed by atoms with van der Waals surface area (Å²) >= 11 is 0. The van der Waals surface area contributed by atoms with E-state index < -0.39 is 0 Å². The molecule has 3 heteroatoms. The van der Waals surface area contributed by atoms with Gasteiger partial charge in [0.25, 0.3) is 0 Å². The first-order valence-corrected chi connectivity index (χ1v) is 4.71. The molecule has 0 aromatic carbocycles. The Hall–Kier alpha value is -1.35. The first kappa shape index (κ1) is 10.7. The van der Waals surface area contributed by atoms with Crippen LogP contribution in [0.1, 0.15) is 12.5 Å². The predicted molar refractivity (Wildman–Crippen MR) is 57.3 cm³/mol. The van der Waals surface area contributed by atoms with Gasteiger partial charge in [0.05, 0.1) is 0 Å². The molecule has 3 nitrogen and oxygen atoms in total. The Bertz CT molecular complexity index is 297. The van der Waals surface area contributed by atoms with E-state index in [1.54, 1.807) is 6.20 Å². The quantitative estimate of drug-likeness (QED) is 0.722. The van der Waals surface area contributed by atoms with Crippen molar-refractivity contribution in [2.75, 3.05) is 13.7 Å². The zero-order valence-electron chi connectivity index (χ0n) is 8.66. The van der Waals surface area contributed by atoms with Gasteiger partial charge in [-0.1, -0.05) is 18.2 Å². The van der Waals surface area contributed by atoms with Crippen molar-refractivity contribution in [1.82, 2.24) is 10.3 Å². The van der Waals surface area contributed by atoms with Gasteiger partial charge in [0.2, 0.25) is 5.88 Å². The van der Waals surface area contributed by atoms with Crippen molar-refractivity contribution in [3.8, 4) is 5.88 Å². The number of ether oxygens (including phenoxy) is 1. The molecule has 0 fully saturated rings. The van der Waals surface area contributed by atoms with Crippen LogP contribution in [0.25, 0.3) is 0 Å². The number of hydrogen-bond donors (Lipinski definition) is 1. The van der Waals surface area contributed by atoms with Crippen molar-refractivity contribution < 1.29 is 4.74 Å². The summed E-state index contributed by atoms with van der Waals surface area (Å²) in [6.45, 7) is 3.32. The van der Waals surface area contributed by atoms with Crippen LogP contribution in [0.15, 0.2) is 30.5 Å². The highest BCUT2D eigenvalue weighted by atomic mass is 16.5. The van der Waals surface area contributed by atoms with Crippen molar-refractivity contribution in [3.63, 3.8) is 0 Å². The summed E-state index contributed by atoms with van der Waals surface area (Å²) in [5.74, 6) is 0.708. The average Bonchev–Trinajstić information content (AvgIpc) is 2.21. The van der Waals surface area contributed by atoms with Crippen LogP contribution in [0.2, 0.25) is 0 Å². The van der Waals surface area contributed by atoms with Crippen LogP contribution in [0.5, 0.6) is 5.88 Å². The molecule has 1 N–H and O–H groups in total. The summed E-state index contributed by atoms with van der Waals surface area (Å²) in [7, 11) is 1.91. The van der Waals surface area contributed by atoms with Gasteiger partial charge in [-0.2, -0.15) is 0 Å². The van der Waals surface area contributed by atoms with Gasteiger partial charge in [-0.15, -0.1) is 0 Å². The molecule has 0 bridgehead atoms. The molecule has 0 saturated heterocycles. The lowest BCUT2D eigenvalue weighted by Crippen LogP contribution is -2.08. The largest absolute Gasteiger partial charge is 0.473 e. The second-order valence-electron chi connectivity index (χ2n) is 2.88. The van der Waals surface area contributed by atoms with Gasteiger partial charge in [0.15, 0.2) is 0 Å². The molecular weight excluding hydrogens is 176 g/mol. The van der Waals surface area contributed by atoms with Gasteiger partial charge in [0.1, 0.15) is 6.61 Å². The summed E-state index contributed by atoms with van der Waals surface area (Å²) in [4.78, 5) is 4.17. The predicted octanol–water partition coefficient (Wildman–Crippen LogP) is 1.76. The number of pyridine rings is 1. The first-order chi connectivity index (χ1) is 6.88. The number of nitrogens with zero attached hydrogens (tertiary/aromatic N) is 1. The summed E-state index contributed by atoms with van der Waals surface area (Å²) in [6, 6.07) is 3.92. The second-order valence-corrected chi connectivity index (χ2v) is 2.88. The summed E-state index contributed by atoms with van der Waals surface area (Å²) in [5.41, 5.74) is 1.08. The SMILES string of the molecule is CC=CCOc1ncccc1CNC. The van der Waals surface area contributed by atoms with Gasteiger partial charge in [0, 0.05) is 18.3 Å². The van der Waals surface area contributed by atoms with Crippen LogP contribution >= 0.6 is 0 Å². The average molecular weight is 192 g/mol. The number of hydrogen-bond acceptors (Lipinski definition) is 3. The smallest absolute Gasteiger partial charge is 0.218 e. The van der Waals surface area contributed by atoms with Crippen LogP contribution in [-0.2, 0) is 6.54 Å². The summed E-state index contributed by atoms with van der Waals surface area (Å²) in [5, 5.41) is 3.08. The van der Waals surface area contributed by atoms with Crippen molar-refractivity contribution >= 4 is 0 Å². The summed E-state index contributed by atoms with van der Waals surface area (Å²) < 4.78 is 5.49. The maximum Gasteiger partial charge on any atom is 0.218 e. The van der Waals surface area contributed by atoms with E-state index in [1.165, 1.54) is 0 Å². The van der Waals surface area contributed by atoms with E-state index in [0.29, 0.717) is 12.5 Å². The zero-order valence-corrected chi connectivity index (χ0v) is 8.66. The van der Waals surface area contributed by atoms with Crippen LogP contribution in [0.4, 0.5) is 0 Å². The van der Waals surface area contributed by atoms with Crippen LogP contribution in [0.3, 0.4) is 0 Å². The molecule has 1 rings (SSSR count). The van der Waals surface area contributed by atoms with Gasteiger partial charge in [-0.25, -0.2) is 4.98 Å². The molecule has 1 aromatic heterocycles. The third kappa shape index (κ3) is 3.18. The van der Waals surface area contributed by atoms with Crippen LogP contribution < -0.4 is 10.1 Å². The highest BCUT2D eigenvalue weighted by Gasteiger charge is 2.01. The Kier molecular flexibility index (Phi) is 4.72. The lowest BCUT2D eigenvalue weighted by atomic mass is 10.3. The molecule has 0 unspecified atom stereocenters. The topological polar surface area (TPSA) is 34.1 Å². The molecule has 0 aliphatic rings.